The molecule has 34 heavy (non-hydrogen) atoms. The zero-order valence-electron chi connectivity index (χ0n) is 20.0. The third-order valence-corrected chi connectivity index (χ3v) is 5.98. The number of aliphatic imine (C=N–C) groups is 1. The zero-order valence-corrected chi connectivity index (χ0v) is 20.8. The van der Waals surface area contributed by atoms with E-state index in [-0.39, 0.29) is 23.5 Å². The van der Waals surface area contributed by atoms with Crippen LogP contribution in [0.15, 0.2) is 52.5 Å². The van der Waals surface area contributed by atoms with Gasteiger partial charge in [0.2, 0.25) is 0 Å². The Kier molecular flexibility index (Phi) is 10.4. The number of ether oxygens (including phenoxy) is 3. The molecule has 0 bridgehead atoms. The molecule has 9 heteroatoms. The van der Waals surface area contributed by atoms with Crippen molar-refractivity contribution < 1.29 is 28.9 Å². The summed E-state index contributed by atoms with van der Waals surface area (Å²) in [7, 11) is 1.35. The van der Waals surface area contributed by atoms with E-state index in [1.54, 1.807) is 38.1 Å². The minimum absolute atomic E-state index is 0.0557. The van der Waals surface area contributed by atoms with Gasteiger partial charge in [-0.2, -0.15) is 0 Å². The molecule has 3 atom stereocenters. The summed E-state index contributed by atoms with van der Waals surface area (Å²) in [4.78, 5) is 28.9. The van der Waals surface area contributed by atoms with E-state index in [0.717, 1.165) is 25.7 Å². The molecule has 8 nitrogen and oxygen atoms in total. The number of hydrogen-bond donors (Lipinski definition) is 2. The first-order chi connectivity index (χ1) is 16.2. The molecule has 0 unspecified atom stereocenters. The number of allylic oxidation sites excluding steroid dienone is 1. The van der Waals surface area contributed by atoms with Crippen LogP contribution in [0.1, 0.15) is 46.5 Å². The first kappa shape index (κ1) is 27.2. The molecular formula is C25H33ClN2O6. The van der Waals surface area contributed by atoms with Crippen molar-refractivity contribution in [3.8, 4) is 5.75 Å². The molecule has 1 aliphatic rings. The third-order valence-electron chi connectivity index (χ3n) is 5.73. The summed E-state index contributed by atoms with van der Waals surface area (Å²) in [6, 6.07) is 6.05. The van der Waals surface area contributed by atoms with Gasteiger partial charge in [-0.25, -0.2) is 4.79 Å². The average Bonchev–Trinajstić information content (AvgIpc) is 3.34. The molecule has 1 fully saturated rings. The lowest BCUT2D eigenvalue weighted by molar-refractivity contribution is -0.157. The van der Waals surface area contributed by atoms with Crippen LogP contribution in [0.4, 0.5) is 0 Å². The van der Waals surface area contributed by atoms with Crippen LogP contribution >= 0.6 is 11.6 Å². The Hall–Kier alpha value is -3.00. The lowest BCUT2D eigenvalue weighted by atomic mass is 9.96. The monoisotopic (exact) mass is 492 g/mol. The number of carbonyl (C=O) groups excluding carboxylic acids is 2. The number of rotatable bonds is 11. The zero-order chi connectivity index (χ0) is 25.3. The maximum absolute atomic E-state index is 12.8. The lowest BCUT2D eigenvalue weighted by Gasteiger charge is -2.30. The molecule has 186 valence electrons. The minimum atomic E-state index is -1.00. The molecule has 1 aromatic carbocycles. The van der Waals surface area contributed by atoms with Gasteiger partial charge in [0.05, 0.1) is 7.11 Å². The van der Waals surface area contributed by atoms with Gasteiger partial charge in [0.25, 0.3) is 5.91 Å². The Morgan fingerprint density at radius 3 is 2.38 bits per heavy atom. The molecule has 0 aromatic heterocycles. The molecule has 0 spiro atoms. The Morgan fingerprint density at radius 1 is 1.24 bits per heavy atom. The van der Waals surface area contributed by atoms with Crippen molar-refractivity contribution in [3.05, 3.63) is 52.6 Å². The van der Waals surface area contributed by atoms with Gasteiger partial charge in [-0.1, -0.05) is 24.4 Å². The van der Waals surface area contributed by atoms with Gasteiger partial charge in [0.15, 0.2) is 17.2 Å². The SMILES string of the molecule is C=N/C(C(=O)N[C@@H](C)C(=O)O[C@@H](C)[C@H](Oc1ccc(Cl)cc1)C1CCCC1)=C(O)\C(=C/C)OC. The molecule has 2 N–H and O–H groups in total. The van der Waals surface area contributed by atoms with E-state index in [1.165, 1.54) is 20.1 Å². The summed E-state index contributed by atoms with van der Waals surface area (Å²) in [5, 5.41) is 13.3. The number of benzene rings is 1. The van der Waals surface area contributed by atoms with Gasteiger partial charge < -0.3 is 24.6 Å². The number of methoxy groups -OCH3 is 1. The molecule has 1 saturated carbocycles. The highest BCUT2D eigenvalue weighted by Gasteiger charge is 2.34. The highest BCUT2D eigenvalue weighted by Crippen LogP contribution is 2.33. The van der Waals surface area contributed by atoms with E-state index < -0.39 is 29.8 Å². The van der Waals surface area contributed by atoms with Crippen molar-refractivity contribution in [3.63, 3.8) is 0 Å². The quantitative estimate of drug-likeness (QED) is 0.152. The van der Waals surface area contributed by atoms with Crippen molar-refractivity contribution >= 4 is 30.2 Å². The number of aliphatic hydroxyl groups is 1. The summed E-state index contributed by atoms with van der Waals surface area (Å²) < 4.78 is 16.9. The molecule has 0 heterocycles. The van der Waals surface area contributed by atoms with E-state index in [0.29, 0.717) is 10.8 Å². The van der Waals surface area contributed by atoms with Crippen LogP contribution in [0.5, 0.6) is 5.75 Å². The normalized spacial score (nSPS) is 17.7. The van der Waals surface area contributed by atoms with Crippen molar-refractivity contribution in [2.75, 3.05) is 7.11 Å². The molecule has 2 rings (SSSR count). The molecular weight excluding hydrogens is 460 g/mol. The van der Waals surface area contributed by atoms with Crippen LogP contribution in [0.2, 0.25) is 5.02 Å². The fourth-order valence-corrected chi connectivity index (χ4v) is 4.06. The predicted molar refractivity (Wildman–Crippen MR) is 131 cm³/mol. The highest BCUT2D eigenvalue weighted by atomic mass is 35.5. The van der Waals surface area contributed by atoms with E-state index in [9.17, 15) is 14.7 Å². The summed E-state index contributed by atoms with van der Waals surface area (Å²) in [6.07, 6.45) is 4.73. The Labute approximate surface area is 205 Å². The summed E-state index contributed by atoms with van der Waals surface area (Å²) in [6.45, 7) is 8.21. The van der Waals surface area contributed by atoms with Crippen molar-refractivity contribution in [2.24, 2.45) is 10.9 Å². The van der Waals surface area contributed by atoms with Gasteiger partial charge >= 0.3 is 5.97 Å². The van der Waals surface area contributed by atoms with Crippen molar-refractivity contribution in [2.45, 2.75) is 64.7 Å². The Morgan fingerprint density at radius 2 is 1.85 bits per heavy atom. The van der Waals surface area contributed by atoms with Crippen LogP contribution in [-0.2, 0) is 19.1 Å². The Balaban J connectivity index is 2.08. The van der Waals surface area contributed by atoms with Crippen LogP contribution in [-0.4, -0.2) is 49.1 Å². The van der Waals surface area contributed by atoms with Crippen LogP contribution in [0.3, 0.4) is 0 Å². The smallest absolute Gasteiger partial charge is 0.328 e. The first-order valence-corrected chi connectivity index (χ1v) is 11.6. The summed E-state index contributed by atoms with van der Waals surface area (Å²) in [5.74, 6) is -0.960. The second-order valence-electron chi connectivity index (χ2n) is 8.13. The fourth-order valence-electron chi connectivity index (χ4n) is 3.93. The lowest BCUT2D eigenvalue weighted by Crippen LogP contribution is -2.45. The summed E-state index contributed by atoms with van der Waals surface area (Å²) in [5.41, 5.74) is -0.363. The van der Waals surface area contributed by atoms with Gasteiger partial charge in [-0.3, -0.25) is 9.79 Å². The maximum atomic E-state index is 12.8. The standard InChI is InChI=1S/C25H33ClN2O6/c1-6-20(32-5)22(29)21(27-4)24(30)28-15(2)25(31)33-16(3)23(17-9-7-8-10-17)34-19-13-11-18(26)12-14-19/h6,11-17,23,29H,4,7-10H2,1-3,5H3,(H,28,30)/b20-6+,22-21+/t15-,16-,23-/m0/s1. The average molecular weight is 493 g/mol. The Bertz CT molecular complexity index is 922. The molecule has 0 radical (unpaired) electrons. The predicted octanol–water partition coefficient (Wildman–Crippen LogP) is 4.73. The van der Waals surface area contributed by atoms with Gasteiger partial charge in [-0.15, -0.1) is 0 Å². The number of halogens is 1. The third kappa shape index (κ3) is 7.25. The number of hydrogen-bond acceptors (Lipinski definition) is 7. The van der Waals surface area contributed by atoms with Crippen LogP contribution < -0.4 is 10.1 Å². The van der Waals surface area contributed by atoms with Gasteiger partial charge in [-0.05, 0) is 76.6 Å². The number of amides is 1. The number of carbonyl (C=O) groups is 2. The summed E-state index contributed by atoms with van der Waals surface area (Å²) >= 11 is 5.97. The number of aliphatic hydroxyl groups excluding tert-OH is 1. The van der Waals surface area contributed by atoms with Crippen LogP contribution in [0.25, 0.3) is 0 Å². The van der Waals surface area contributed by atoms with E-state index >= 15 is 0 Å². The molecule has 1 amide bonds. The second-order valence-corrected chi connectivity index (χ2v) is 8.57. The maximum Gasteiger partial charge on any atom is 0.328 e. The van der Waals surface area contributed by atoms with E-state index in [1.807, 2.05) is 0 Å². The van der Waals surface area contributed by atoms with Crippen LogP contribution in [0, 0.1) is 5.92 Å². The van der Waals surface area contributed by atoms with Crippen molar-refractivity contribution in [1.82, 2.24) is 5.32 Å². The van der Waals surface area contributed by atoms with Crippen molar-refractivity contribution in [1.29, 1.82) is 0 Å². The molecule has 0 aliphatic heterocycles. The van der Waals surface area contributed by atoms with Gasteiger partial charge in [0.1, 0.15) is 24.0 Å². The highest BCUT2D eigenvalue weighted by molar-refractivity contribution is 6.30. The first-order valence-electron chi connectivity index (χ1n) is 11.3. The second kappa shape index (κ2) is 13.0. The fraction of sp³-hybridized carbons (Fsp3) is 0.480. The topological polar surface area (TPSA) is 106 Å². The molecule has 1 aliphatic carbocycles. The number of nitrogens with one attached hydrogen (secondary N) is 1. The van der Waals surface area contributed by atoms with Gasteiger partial charge in [0, 0.05) is 5.02 Å². The number of nitrogens with zero attached hydrogens (tertiary/aromatic N) is 1. The minimum Gasteiger partial charge on any atom is -0.503 e. The van der Waals surface area contributed by atoms with E-state index in [2.05, 4.69) is 17.0 Å². The molecule has 1 aromatic rings. The van der Waals surface area contributed by atoms with E-state index in [4.69, 9.17) is 25.8 Å². The number of esters is 1. The largest absolute Gasteiger partial charge is 0.503 e. The molecule has 0 saturated heterocycles.